The number of aliphatic hydroxyl groups is 2. The number of aliphatic hydroxyl groups excluding tert-OH is 2. The van der Waals surface area contributed by atoms with Crippen LogP contribution >= 0.6 is 23.5 Å². The minimum atomic E-state index is -5.70. The molecule has 0 aliphatic carbocycles. The van der Waals surface area contributed by atoms with Crippen molar-refractivity contribution in [2.75, 3.05) is 12.3 Å². The van der Waals surface area contributed by atoms with Crippen LogP contribution in [0.5, 0.6) is 0 Å². The van der Waals surface area contributed by atoms with Crippen molar-refractivity contribution < 1.29 is 92.3 Å². The van der Waals surface area contributed by atoms with E-state index in [1.165, 1.54) is 10.9 Å². The summed E-state index contributed by atoms with van der Waals surface area (Å²) in [4.78, 5) is 47.2. The van der Waals surface area contributed by atoms with Crippen molar-refractivity contribution in [3.63, 3.8) is 0 Å². The second-order valence-corrected chi connectivity index (χ2v) is 10.4. The summed E-state index contributed by atoms with van der Waals surface area (Å²) in [5, 5.41) is 20.4. The summed E-state index contributed by atoms with van der Waals surface area (Å²) < 4.78 is 51.9. The number of rotatable bonds is 8. The maximum atomic E-state index is 11.8. The zero-order valence-electron chi connectivity index (χ0n) is 16.9. The summed E-state index contributed by atoms with van der Waals surface area (Å²) in [6, 6.07) is 0. The first-order valence-corrected chi connectivity index (χ1v) is 12.4. The molecule has 1 saturated heterocycles. The molecule has 0 aromatic carbocycles. The molecule has 1 aliphatic heterocycles. The number of aromatic nitrogens is 4. The van der Waals surface area contributed by atoms with E-state index < -0.39 is 54.6 Å². The third-order valence-electron chi connectivity index (χ3n) is 3.82. The van der Waals surface area contributed by atoms with Gasteiger partial charge in [-0.2, -0.15) is 8.62 Å². The third kappa shape index (κ3) is 6.61. The van der Waals surface area contributed by atoms with Gasteiger partial charge in [-0.05, 0) is 0 Å². The molecule has 3 heterocycles. The van der Waals surface area contributed by atoms with Crippen LogP contribution in [0, 0.1) is 0 Å². The van der Waals surface area contributed by atoms with Crippen LogP contribution in [0.1, 0.15) is 7.65 Å². The number of hydrogen-bond acceptors (Lipinski definition) is 13. The number of fused-ring (bicyclic) bond motifs is 1. The number of phosphoric ester groups is 1. The molecule has 2 aromatic heterocycles. The largest absolute Gasteiger partial charge is 1.00 e. The van der Waals surface area contributed by atoms with Crippen LogP contribution in [0.3, 0.4) is 0 Å². The van der Waals surface area contributed by atoms with Gasteiger partial charge in [-0.3, -0.25) is 9.09 Å². The molecule has 0 amide bonds. The molecule has 32 heavy (non-hydrogen) atoms. The monoisotopic (exact) mass is 531 g/mol. The maximum absolute atomic E-state index is 11.8. The molecular formula is C10H17N5NaO13P3. The summed E-state index contributed by atoms with van der Waals surface area (Å²) in [7, 11) is -16.7. The van der Waals surface area contributed by atoms with E-state index in [4.69, 9.17) is 25.2 Å². The molecule has 0 saturated carbocycles. The van der Waals surface area contributed by atoms with E-state index in [9.17, 15) is 28.8 Å². The van der Waals surface area contributed by atoms with E-state index in [2.05, 4.69) is 28.1 Å². The number of nitrogens with two attached hydrogens (primary N) is 1. The van der Waals surface area contributed by atoms with E-state index in [-0.39, 0.29) is 48.0 Å². The Morgan fingerprint density at radius 1 is 1.06 bits per heavy atom. The van der Waals surface area contributed by atoms with Crippen LogP contribution in [0.2, 0.25) is 0 Å². The van der Waals surface area contributed by atoms with Crippen molar-refractivity contribution in [2.45, 2.75) is 24.5 Å². The molecule has 4 unspecified atom stereocenters. The fraction of sp³-hybridized carbons (Fsp3) is 0.500. The van der Waals surface area contributed by atoms with E-state index >= 15 is 0 Å². The predicted octanol–water partition coefficient (Wildman–Crippen LogP) is -4.51. The van der Waals surface area contributed by atoms with Gasteiger partial charge in [-0.15, -0.1) is 0 Å². The second kappa shape index (κ2) is 10.1. The zero-order valence-corrected chi connectivity index (χ0v) is 20.6. The third-order valence-corrected chi connectivity index (χ3v) is 7.62. The van der Waals surface area contributed by atoms with Gasteiger partial charge in [0.15, 0.2) is 17.7 Å². The summed E-state index contributed by atoms with van der Waals surface area (Å²) in [6.07, 6.45) is -3.69. The van der Waals surface area contributed by atoms with Crippen LogP contribution in [-0.4, -0.2) is 74.2 Å². The Labute approximate surface area is 201 Å². The van der Waals surface area contributed by atoms with Gasteiger partial charge in [0.1, 0.15) is 30.2 Å². The fourth-order valence-electron chi connectivity index (χ4n) is 2.62. The minimum Gasteiger partial charge on any atom is -1.00 e. The zero-order chi connectivity index (χ0) is 23.2. The van der Waals surface area contributed by atoms with Gasteiger partial charge in [0.25, 0.3) is 0 Å². The topological polar surface area (TPSA) is 279 Å². The molecule has 1 fully saturated rings. The van der Waals surface area contributed by atoms with Crippen molar-refractivity contribution >= 4 is 40.4 Å². The molecule has 0 radical (unpaired) electrons. The molecule has 0 spiro atoms. The van der Waals surface area contributed by atoms with Gasteiger partial charge in [-0.25, -0.2) is 28.6 Å². The van der Waals surface area contributed by atoms with Crippen LogP contribution in [0.15, 0.2) is 12.7 Å². The smallest absolute Gasteiger partial charge is 1.00 e. The molecule has 1 aliphatic rings. The maximum Gasteiger partial charge on any atom is 1.00 e. The van der Waals surface area contributed by atoms with E-state index in [1.54, 1.807) is 0 Å². The summed E-state index contributed by atoms with van der Waals surface area (Å²) in [5.41, 5.74) is 6.00. The van der Waals surface area contributed by atoms with Crippen molar-refractivity contribution in [1.82, 2.24) is 19.5 Å². The fourth-order valence-corrected chi connectivity index (χ4v) is 5.65. The molecule has 8 N–H and O–H groups in total. The van der Waals surface area contributed by atoms with Gasteiger partial charge in [0.2, 0.25) is 0 Å². The van der Waals surface area contributed by atoms with Gasteiger partial charge < -0.3 is 41.7 Å². The Hall–Kier alpha value is -0.360. The van der Waals surface area contributed by atoms with Crippen LogP contribution in [0.4, 0.5) is 5.82 Å². The average molecular weight is 531 g/mol. The van der Waals surface area contributed by atoms with Crippen molar-refractivity contribution in [1.29, 1.82) is 0 Å². The number of anilines is 1. The van der Waals surface area contributed by atoms with E-state index in [0.29, 0.717) is 0 Å². The van der Waals surface area contributed by atoms with E-state index in [0.717, 1.165) is 6.33 Å². The summed E-state index contributed by atoms with van der Waals surface area (Å²) in [5.74, 6) is 0.0426. The standard InChI is InChI=1S/C10H16N5O13P3.Na.H/c11-8-5-9(13-2-12-8)15(3-14-5)10-7(17)6(16)4(26-10)1-25-30(21,22)28-31(23,24)27-29(18,19)20;;/h2-4,6-7,10,16-17H,1H2,(H,21,22)(H,23,24)(H2,11,12,13)(H2,18,19,20);;/q;+1;-1/t4-,6?,7?,10-;;/m1../s1. The Bertz CT molecular complexity index is 1120. The number of ether oxygens (including phenoxy) is 1. The van der Waals surface area contributed by atoms with Crippen molar-refractivity contribution in [2.24, 2.45) is 0 Å². The molecule has 6 atom stereocenters. The van der Waals surface area contributed by atoms with Crippen molar-refractivity contribution in [3.8, 4) is 0 Å². The molecule has 0 bridgehead atoms. The molecular weight excluding hydrogens is 514 g/mol. The summed E-state index contributed by atoms with van der Waals surface area (Å²) >= 11 is 0. The summed E-state index contributed by atoms with van der Waals surface area (Å²) in [6.45, 7) is -0.956. The number of nitrogen functional groups attached to an aromatic ring is 1. The molecule has 3 rings (SSSR count). The first kappa shape index (κ1) is 27.9. The normalized spacial score (nSPS) is 27.6. The van der Waals surface area contributed by atoms with Gasteiger partial charge in [0, 0.05) is 0 Å². The first-order chi connectivity index (χ1) is 14.2. The Kier molecular flexibility index (Phi) is 8.80. The minimum absolute atomic E-state index is 0. The number of imidazole rings is 1. The SMILES string of the molecule is Nc1ncnc2c1ncn2[C@@H]1O[C@H](COP(=O)(O)OP(=O)(O)OP(=O)(O)O)C(O)C1O.[H-].[Na+]. The van der Waals surface area contributed by atoms with Gasteiger partial charge >= 0.3 is 53.0 Å². The molecule has 176 valence electrons. The molecule has 22 heteroatoms. The second-order valence-electron chi connectivity index (χ2n) is 6.02. The van der Waals surface area contributed by atoms with Crippen LogP contribution in [-0.2, 0) is 31.6 Å². The predicted molar refractivity (Wildman–Crippen MR) is 96.6 cm³/mol. The number of hydrogen-bond donors (Lipinski definition) is 7. The Morgan fingerprint density at radius 2 is 1.72 bits per heavy atom. The molecule has 18 nitrogen and oxygen atoms in total. The van der Waals surface area contributed by atoms with Crippen LogP contribution in [0.25, 0.3) is 11.2 Å². The van der Waals surface area contributed by atoms with Crippen molar-refractivity contribution in [3.05, 3.63) is 12.7 Å². The van der Waals surface area contributed by atoms with Crippen LogP contribution < -0.4 is 35.3 Å². The van der Waals surface area contributed by atoms with Gasteiger partial charge in [-0.1, -0.05) is 0 Å². The first-order valence-electron chi connectivity index (χ1n) is 7.92. The number of nitrogens with zero attached hydrogens (tertiary/aromatic N) is 4. The van der Waals surface area contributed by atoms with Gasteiger partial charge in [0.05, 0.1) is 12.9 Å². The van der Waals surface area contributed by atoms with E-state index in [1.807, 2.05) is 0 Å². The Morgan fingerprint density at radius 3 is 2.34 bits per heavy atom. The average Bonchev–Trinajstić information content (AvgIpc) is 3.13. The quantitative estimate of drug-likeness (QED) is 0.125. The molecule has 2 aromatic rings. The number of phosphoric acid groups is 3. The Balaban J connectivity index is 0.00000272.